The van der Waals surface area contributed by atoms with Gasteiger partial charge in [-0.1, -0.05) is 41.4 Å². The summed E-state index contributed by atoms with van der Waals surface area (Å²) in [5, 5.41) is 4.22. The Kier molecular flexibility index (Phi) is 6.13. The van der Waals surface area contributed by atoms with E-state index in [9.17, 15) is 0 Å². The maximum absolute atomic E-state index is 6.22. The maximum Gasteiger partial charge on any atom is 0.0410 e. The van der Waals surface area contributed by atoms with E-state index in [-0.39, 0.29) is 12.4 Å². The summed E-state index contributed by atoms with van der Waals surface area (Å²) in [6.07, 6.45) is 0.931. The second kappa shape index (κ2) is 7.87. The van der Waals surface area contributed by atoms with Crippen molar-refractivity contribution in [1.82, 2.24) is 5.32 Å². The van der Waals surface area contributed by atoms with Crippen LogP contribution in [0.2, 0.25) is 5.02 Å². The molecular weight excluding hydrogens is 315 g/mol. The third-order valence-electron chi connectivity index (χ3n) is 4.01. The molecule has 1 N–H and O–H groups in total. The number of benzene rings is 2. The van der Waals surface area contributed by atoms with Gasteiger partial charge in [0.25, 0.3) is 0 Å². The van der Waals surface area contributed by atoms with Gasteiger partial charge in [-0.2, -0.15) is 0 Å². The fraction of sp³-hybridized carbons (Fsp3) is 0.333. The van der Waals surface area contributed by atoms with Crippen molar-refractivity contribution in [3.05, 3.63) is 64.2 Å². The topological polar surface area (TPSA) is 15.3 Å². The number of rotatable bonds is 3. The molecule has 0 aromatic heterocycles. The minimum atomic E-state index is 0. The van der Waals surface area contributed by atoms with Crippen LogP contribution in [0.15, 0.2) is 42.5 Å². The summed E-state index contributed by atoms with van der Waals surface area (Å²) in [4.78, 5) is 2.45. The van der Waals surface area contributed by atoms with Crippen molar-refractivity contribution in [2.24, 2.45) is 0 Å². The van der Waals surface area contributed by atoms with E-state index in [1.165, 1.54) is 22.4 Å². The van der Waals surface area contributed by atoms with Gasteiger partial charge in [0.2, 0.25) is 0 Å². The van der Waals surface area contributed by atoms with Gasteiger partial charge < -0.3 is 10.2 Å². The summed E-state index contributed by atoms with van der Waals surface area (Å²) in [7, 11) is 0. The van der Waals surface area contributed by atoms with Crippen LogP contribution < -0.4 is 10.2 Å². The number of hydrogen-bond acceptors (Lipinski definition) is 2. The minimum Gasteiger partial charge on any atom is -0.369 e. The highest BCUT2D eigenvalue weighted by molar-refractivity contribution is 6.30. The molecule has 2 nitrogen and oxygen atoms in total. The number of aryl methyl sites for hydroxylation is 1. The third kappa shape index (κ3) is 4.16. The molecule has 1 aliphatic heterocycles. The van der Waals surface area contributed by atoms with E-state index < -0.39 is 0 Å². The monoisotopic (exact) mass is 336 g/mol. The second-order valence-corrected chi connectivity index (χ2v) is 6.11. The van der Waals surface area contributed by atoms with E-state index in [4.69, 9.17) is 11.6 Å². The quantitative estimate of drug-likeness (QED) is 0.908. The van der Waals surface area contributed by atoms with Crippen LogP contribution in [0, 0.1) is 6.92 Å². The second-order valence-electron chi connectivity index (χ2n) is 5.67. The molecule has 0 saturated carbocycles. The maximum atomic E-state index is 6.22. The van der Waals surface area contributed by atoms with E-state index in [1.54, 1.807) is 0 Å². The summed E-state index contributed by atoms with van der Waals surface area (Å²) in [6.45, 7) is 6.33. The molecule has 0 atom stereocenters. The van der Waals surface area contributed by atoms with Crippen LogP contribution >= 0.6 is 24.0 Å². The first-order valence-electron chi connectivity index (χ1n) is 7.52. The van der Waals surface area contributed by atoms with Crippen LogP contribution in [0.5, 0.6) is 0 Å². The first kappa shape index (κ1) is 17.1. The summed E-state index contributed by atoms with van der Waals surface area (Å²) in [6, 6.07) is 15.0. The fourth-order valence-corrected chi connectivity index (χ4v) is 3.03. The molecule has 1 saturated heterocycles. The Labute approximate surface area is 143 Å². The first-order chi connectivity index (χ1) is 10.2. The van der Waals surface area contributed by atoms with Crippen LogP contribution in [-0.2, 0) is 6.42 Å². The standard InChI is InChI=1S/C18H21ClN2.ClH/c1-14-2-4-15(5-3-14)12-16-13-17(19)6-7-18(16)21-10-8-20-9-11-21;/h2-7,13,20H,8-12H2,1H3;1H. The molecule has 22 heavy (non-hydrogen) atoms. The first-order valence-corrected chi connectivity index (χ1v) is 7.90. The van der Waals surface area contributed by atoms with Crippen molar-refractivity contribution in [3.63, 3.8) is 0 Å². The Balaban J connectivity index is 0.00000176. The zero-order valence-corrected chi connectivity index (χ0v) is 14.4. The zero-order chi connectivity index (χ0) is 14.7. The molecule has 2 aromatic carbocycles. The Morgan fingerprint density at radius 3 is 2.41 bits per heavy atom. The zero-order valence-electron chi connectivity index (χ0n) is 12.8. The Morgan fingerprint density at radius 1 is 1.05 bits per heavy atom. The molecule has 1 heterocycles. The average molecular weight is 337 g/mol. The van der Waals surface area contributed by atoms with E-state index in [1.807, 2.05) is 6.07 Å². The number of nitrogens with zero attached hydrogens (tertiary/aromatic N) is 1. The predicted octanol–water partition coefficient (Wildman–Crippen LogP) is 4.07. The van der Waals surface area contributed by atoms with Gasteiger partial charge in [-0.15, -0.1) is 12.4 Å². The van der Waals surface area contributed by atoms with Crippen LogP contribution in [0.3, 0.4) is 0 Å². The highest BCUT2D eigenvalue weighted by Crippen LogP contribution is 2.27. The van der Waals surface area contributed by atoms with Gasteiger partial charge in [0.05, 0.1) is 0 Å². The van der Waals surface area contributed by atoms with Crippen molar-refractivity contribution in [2.45, 2.75) is 13.3 Å². The lowest BCUT2D eigenvalue weighted by atomic mass is 10.0. The highest BCUT2D eigenvalue weighted by atomic mass is 35.5. The van der Waals surface area contributed by atoms with Crippen molar-refractivity contribution in [1.29, 1.82) is 0 Å². The molecule has 0 radical (unpaired) electrons. The van der Waals surface area contributed by atoms with E-state index >= 15 is 0 Å². The summed E-state index contributed by atoms with van der Waals surface area (Å²) in [5.74, 6) is 0. The van der Waals surface area contributed by atoms with Gasteiger partial charge in [0.1, 0.15) is 0 Å². The van der Waals surface area contributed by atoms with Crippen LogP contribution in [-0.4, -0.2) is 26.2 Å². The summed E-state index contributed by atoms with van der Waals surface area (Å²) < 4.78 is 0. The lowest BCUT2D eigenvalue weighted by Crippen LogP contribution is -2.43. The van der Waals surface area contributed by atoms with Gasteiger partial charge in [0, 0.05) is 36.9 Å². The number of halogens is 2. The van der Waals surface area contributed by atoms with Crippen molar-refractivity contribution >= 4 is 29.7 Å². The summed E-state index contributed by atoms with van der Waals surface area (Å²) in [5.41, 5.74) is 5.26. The van der Waals surface area contributed by atoms with Crippen molar-refractivity contribution in [3.8, 4) is 0 Å². The summed E-state index contributed by atoms with van der Waals surface area (Å²) >= 11 is 6.22. The lowest BCUT2D eigenvalue weighted by Gasteiger charge is -2.31. The van der Waals surface area contributed by atoms with Crippen LogP contribution in [0.4, 0.5) is 5.69 Å². The molecule has 3 rings (SSSR count). The van der Waals surface area contributed by atoms with Gasteiger partial charge >= 0.3 is 0 Å². The van der Waals surface area contributed by atoms with Crippen molar-refractivity contribution in [2.75, 3.05) is 31.1 Å². The molecular formula is C18H22Cl2N2. The Morgan fingerprint density at radius 2 is 1.73 bits per heavy atom. The Bertz CT molecular complexity index is 605. The number of hydrogen-bond donors (Lipinski definition) is 1. The lowest BCUT2D eigenvalue weighted by molar-refractivity contribution is 0.588. The molecule has 0 unspecified atom stereocenters. The highest BCUT2D eigenvalue weighted by Gasteiger charge is 2.14. The largest absolute Gasteiger partial charge is 0.369 e. The molecule has 0 amide bonds. The molecule has 0 spiro atoms. The van der Waals surface area contributed by atoms with E-state index in [0.717, 1.165) is 37.6 Å². The van der Waals surface area contributed by atoms with Crippen LogP contribution in [0.1, 0.15) is 16.7 Å². The van der Waals surface area contributed by atoms with Crippen molar-refractivity contribution < 1.29 is 0 Å². The molecule has 0 bridgehead atoms. The van der Waals surface area contributed by atoms with Gasteiger partial charge in [-0.3, -0.25) is 0 Å². The number of nitrogens with one attached hydrogen (secondary N) is 1. The smallest absolute Gasteiger partial charge is 0.0410 e. The SMILES string of the molecule is Cc1ccc(Cc2cc(Cl)ccc2N2CCNCC2)cc1.Cl. The molecule has 1 aliphatic rings. The molecule has 118 valence electrons. The Hall–Kier alpha value is -1.22. The van der Waals surface area contributed by atoms with Gasteiger partial charge in [-0.05, 0) is 42.7 Å². The molecule has 0 aliphatic carbocycles. The average Bonchev–Trinajstić information content (AvgIpc) is 2.51. The van der Waals surface area contributed by atoms with E-state index in [2.05, 4.69) is 53.5 Å². The normalized spacial score (nSPS) is 14.5. The van der Waals surface area contributed by atoms with Gasteiger partial charge in [-0.25, -0.2) is 0 Å². The molecule has 2 aromatic rings. The third-order valence-corrected chi connectivity index (χ3v) is 4.25. The minimum absolute atomic E-state index is 0. The number of anilines is 1. The predicted molar refractivity (Wildman–Crippen MR) is 97.8 cm³/mol. The number of piperazine rings is 1. The van der Waals surface area contributed by atoms with Gasteiger partial charge in [0.15, 0.2) is 0 Å². The fourth-order valence-electron chi connectivity index (χ4n) is 2.84. The van der Waals surface area contributed by atoms with E-state index in [0.29, 0.717) is 0 Å². The van der Waals surface area contributed by atoms with Crippen LogP contribution in [0.25, 0.3) is 0 Å². The molecule has 4 heteroatoms. The molecule has 1 fully saturated rings.